The number of urea groups is 1. The minimum atomic E-state index is -3.35. The summed E-state index contributed by atoms with van der Waals surface area (Å²) in [6, 6.07) is 11.0. The lowest BCUT2D eigenvalue weighted by molar-refractivity contribution is -0.384. The third-order valence-electron chi connectivity index (χ3n) is 5.11. The highest BCUT2D eigenvalue weighted by Crippen LogP contribution is 2.39. The Bertz CT molecular complexity index is 1070. The van der Waals surface area contributed by atoms with Crippen molar-refractivity contribution >= 4 is 32.9 Å². The van der Waals surface area contributed by atoms with Gasteiger partial charge in [-0.05, 0) is 37.3 Å². The lowest BCUT2D eigenvalue weighted by atomic mass is 10.1. The van der Waals surface area contributed by atoms with Crippen LogP contribution in [0.4, 0.5) is 21.9 Å². The molecule has 0 saturated carbocycles. The molecule has 2 fully saturated rings. The van der Waals surface area contributed by atoms with Crippen LogP contribution in [0.15, 0.2) is 48.5 Å². The molecule has 10 heteroatoms. The highest BCUT2D eigenvalue weighted by molar-refractivity contribution is 7.91. The lowest BCUT2D eigenvalue weighted by Gasteiger charge is -2.22. The number of hydrogen-bond acceptors (Lipinski definition) is 6. The summed E-state index contributed by atoms with van der Waals surface area (Å²) < 4.78 is 30.1. The number of fused-ring (bicyclic) bond motifs is 1. The molecule has 0 spiro atoms. The van der Waals surface area contributed by atoms with Gasteiger partial charge in [0.1, 0.15) is 5.75 Å². The highest BCUT2D eigenvalue weighted by atomic mass is 32.2. The zero-order chi connectivity index (χ0) is 20.8. The van der Waals surface area contributed by atoms with Crippen LogP contribution in [-0.4, -0.2) is 49.6 Å². The zero-order valence-electron chi connectivity index (χ0n) is 15.6. The number of nitrogens with zero attached hydrogens (tertiary/aromatic N) is 3. The number of amides is 2. The van der Waals surface area contributed by atoms with Gasteiger partial charge in [-0.25, -0.2) is 13.2 Å². The van der Waals surface area contributed by atoms with E-state index in [9.17, 15) is 23.3 Å². The van der Waals surface area contributed by atoms with Crippen molar-refractivity contribution in [2.24, 2.45) is 0 Å². The van der Waals surface area contributed by atoms with E-state index in [0.717, 1.165) is 0 Å². The standard InChI is InChI=1S/C19H19N3O6S/c1-2-28-16-8-6-13(7-9-16)20-17-11-29(26,27)12-18(17)21(19(20)23)14-4-3-5-15(10-14)22(24)25/h3-10,17-18H,2,11-12H2,1H3/t17-,18-/m1/s1. The van der Waals surface area contributed by atoms with Crippen molar-refractivity contribution in [3.05, 3.63) is 58.6 Å². The van der Waals surface area contributed by atoms with Crippen LogP contribution in [0.3, 0.4) is 0 Å². The minimum absolute atomic E-state index is 0.151. The van der Waals surface area contributed by atoms with Gasteiger partial charge in [0.2, 0.25) is 0 Å². The largest absolute Gasteiger partial charge is 0.494 e. The molecule has 0 radical (unpaired) electrons. The van der Waals surface area contributed by atoms with Crippen molar-refractivity contribution in [3.8, 4) is 5.75 Å². The maximum atomic E-state index is 13.3. The molecule has 9 nitrogen and oxygen atoms in total. The summed E-state index contributed by atoms with van der Waals surface area (Å²) in [6.07, 6.45) is 0. The summed E-state index contributed by atoms with van der Waals surface area (Å²) in [4.78, 5) is 26.7. The molecule has 2 aliphatic heterocycles. The number of ether oxygens (including phenoxy) is 1. The third-order valence-corrected chi connectivity index (χ3v) is 6.81. The van der Waals surface area contributed by atoms with Crippen molar-refractivity contribution in [2.75, 3.05) is 27.9 Å². The topological polar surface area (TPSA) is 110 Å². The molecule has 4 rings (SSSR count). The summed E-state index contributed by atoms with van der Waals surface area (Å²) in [5.41, 5.74) is 0.704. The summed E-state index contributed by atoms with van der Waals surface area (Å²) >= 11 is 0. The first kappa shape index (κ1) is 19.2. The van der Waals surface area contributed by atoms with Crippen LogP contribution in [0.5, 0.6) is 5.75 Å². The molecule has 2 heterocycles. The number of nitro benzene ring substituents is 1. The molecular weight excluding hydrogens is 398 g/mol. The molecule has 152 valence electrons. The number of anilines is 2. The second-order valence-electron chi connectivity index (χ2n) is 6.94. The number of benzene rings is 2. The monoisotopic (exact) mass is 417 g/mol. The number of carbonyl (C=O) groups excluding carboxylic acids is 1. The van der Waals surface area contributed by atoms with Gasteiger partial charge in [-0.15, -0.1) is 0 Å². The fourth-order valence-corrected chi connectivity index (χ4v) is 5.85. The van der Waals surface area contributed by atoms with Crippen LogP contribution in [0.1, 0.15) is 6.92 Å². The van der Waals surface area contributed by atoms with E-state index in [0.29, 0.717) is 23.7 Å². The molecule has 0 aliphatic carbocycles. The molecule has 2 amide bonds. The van der Waals surface area contributed by atoms with E-state index in [1.54, 1.807) is 30.3 Å². The molecule has 2 saturated heterocycles. The molecule has 29 heavy (non-hydrogen) atoms. The predicted octanol–water partition coefficient (Wildman–Crippen LogP) is 2.61. The second kappa shape index (κ2) is 7.03. The molecule has 0 N–H and O–H groups in total. The smallest absolute Gasteiger partial charge is 0.329 e. The van der Waals surface area contributed by atoms with Crippen LogP contribution in [0, 0.1) is 10.1 Å². The minimum Gasteiger partial charge on any atom is -0.494 e. The molecule has 0 bridgehead atoms. The number of carbonyl (C=O) groups is 1. The van der Waals surface area contributed by atoms with Crippen LogP contribution in [-0.2, 0) is 9.84 Å². The van der Waals surface area contributed by atoms with Crippen LogP contribution in [0.25, 0.3) is 0 Å². The van der Waals surface area contributed by atoms with Gasteiger partial charge in [0.15, 0.2) is 9.84 Å². The Labute approximate surface area is 167 Å². The summed E-state index contributed by atoms with van der Waals surface area (Å²) in [5, 5.41) is 11.1. The van der Waals surface area contributed by atoms with E-state index in [2.05, 4.69) is 0 Å². The average molecular weight is 417 g/mol. The van der Waals surface area contributed by atoms with E-state index < -0.39 is 32.9 Å². The zero-order valence-corrected chi connectivity index (χ0v) is 16.4. The highest BCUT2D eigenvalue weighted by Gasteiger charge is 2.54. The maximum Gasteiger partial charge on any atom is 0.329 e. The Morgan fingerprint density at radius 3 is 2.28 bits per heavy atom. The first-order chi connectivity index (χ1) is 13.8. The first-order valence-electron chi connectivity index (χ1n) is 9.11. The quantitative estimate of drug-likeness (QED) is 0.420. The van der Waals surface area contributed by atoms with Crippen molar-refractivity contribution in [1.29, 1.82) is 0 Å². The number of nitro groups is 1. The third kappa shape index (κ3) is 3.39. The van der Waals surface area contributed by atoms with E-state index in [-0.39, 0.29) is 17.2 Å². The van der Waals surface area contributed by atoms with E-state index in [4.69, 9.17) is 4.74 Å². The fourth-order valence-electron chi connectivity index (χ4n) is 3.93. The Morgan fingerprint density at radius 2 is 1.69 bits per heavy atom. The van der Waals surface area contributed by atoms with E-state index >= 15 is 0 Å². The lowest BCUT2D eigenvalue weighted by Crippen LogP contribution is -2.37. The van der Waals surface area contributed by atoms with Crippen molar-refractivity contribution in [3.63, 3.8) is 0 Å². The summed E-state index contributed by atoms with van der Waals surface area (Å²) in [7, 11) is -3.35. The molecule has 2 aromatic carbocycles. The van der Waals surface area contributed by atoms with Gasteiger partial charge >= 0.3 is 6.03 Å². The van der Waals surface area contributed by atoms with Crippen LogP contribution >= 0.6 is 0 Å². The molecule has 2 atom stereocenters. The van der Waals surface area contributed by atoms with Gasteiger partial charge in [-0.1, -0.05) is 6.07 Å². The second-order valence-corrected chi connectivity index (χ2v) is 9.09. The molecule has 2 aromatic rings. The van der Waals surface area contributed by atoms with Gasteiger partial charge in [-0.3, -0.25) is 19.9 Å². The maximum absolute atomic E-state index is 13.3. The number of sulfone groups is 1. The Hall–Kier alpha value is -3.14. The average Bonchev–Trinajstić information content (AvgIpc) is 3.11. The predicted molar refractivity (Wildman–Crippen MR) is 107 cm³/mol. The first-order valence-corrected chi connectivity index (χ1v) is 10.9. The number of rotatable bonds is 5. The molecule has 0 aromatic heterocycles. The molecule has 0 unspecified atom stereocenters. The van der Waals surface area contributed by atoms with Crippen molar-refractivity contribution in [1.82, 2.24) is 0 Å². The number of non-ortho nitro benzene ring substituents is 1. The Balaban J connectivity index is 1.75. The van der Waals surface area contributed by atoms with Crippen LogP contribution < -0.4 is 14.5 Å². The van der Waals surface area contributed by atoms with Crippen LogP contribution in [0.2, 0.25) is 0 Å². The van der Waals surface area contributed by atoms with E-state index in [1.807, 2.05) is 6.92 Å². The fraction of sp³-hybridized carbons (Fsp3) is 0.316. The summed E-state index contributed by atoms with van der Waals surface area (Å²) in [6.45, 7) is 2.37. The van der Waals surface area contributed by atoms with Gasteiger partial charge in [0.25, 0.3) is 5.69 Å². The Kier molecular flexibility index (Phi) is 4.65. The normalized spacial score (nSPS) is 22.6. The Morgan fingerprint density at radius 1 is 1.07 bits per heavy atom. The number of hydrogen-bond donors (Lipinski definition) is 0. The van der Waals surface area contributed by atoms with Crippen molar-refractivity contribution < 1.29 is 22.9 Å². The van der Waals surface area contributed by atoms with E-state index in [1.165, 1.54) is 28.0 Å². The SMILES string of the molecule is CCOc1ccc(N2C(=O)N(c3cccc([N+](=O)[O-])c3)[C@@H]3CS(=O)(=O)C[C@H]32)cc1. The van der Waals surface area contributed by atoms with Gasteiger partial charge in [-0.2, -0.15) is 0 Å². The van der Waals surface area contributed by atoms with Gasteiger partial charge < -0.3 is 4.74 Å². The summed E-state index contributed by atoms with van der Waals surface area (Å²) in [5.74, 6) is 0.316. The van der Waals surface area contributed by atoms with Crippen molar-refractivity contribution in [2.45, 2.75) is 19.0 Å². The van der Waals surface area contributed by atoms with Gasteiger partial charge in [0.05, 0.1) is 40.8 Å². The molecule has 2 aliphatic rings. The molecular formula is C19H19N3O6S. The van der Waals surface area contributed by atoms with Gasteiger partial charge in [0, 0.05) is 17.8 Å².